The summed E-state index contributed by atoms with van der Waals surface area (Å²) in [5, 5.41) is 3.97. The Morgan fingerprint density at radius 3 is 2.80 bits per heavy atom. The highest BCUT2D eigenvalue weighted by molar-refractivity contribution is 7.89. The summed E-state index contributed by atoms with van der Waals surface area (Å²) in [6, 6.07) is 3.57. The number of alkyl halides is 1. The Bertz CT molecular complexity index is 681. The summed E-state index contributed by atoms with van der Waals surface area (Å²) in [6.07, 6.45) is 2.81. The van der Waals surface area contributed by atoms with Gasteiger partial charge >= 0.3 is 0 Å². The van der Waals surface area contributed by atoms with E-state index in [1.54, 1.807) is 6.07 Å². The Morgan fingerprint density at radius 2 is 2.20 bits per heavy atom. The highest BCUT2D eigenvalue weighted by Gasteiger charge is 2.23. The summed E-state index contributed by atoms with van der Waals surface area (Å²) in [5.74, 6) is 0.380. The van der Waals surface area contributed by atoms with E-state index < -0.39 is 10.0 Å². The molecule has 0 amide bonds. The molecule has 0 aromatic carbocycles. The van der Waals surface area contributed by atoms with E-state index in [-0.39, 0.29) is 11.4 Å². The van der Waals surface area contributed by atoms with Gasteiger partial charge < -0.3 is 0 Å². The normalized spacial score (nSPS) is 12.2. The fraction of sp³-hybridized carbons (Fsp3) is 0.364. The van der Waals surface area contributed by atoms with Crippen molar-refractivity contribution in [2.24, 2.45) is 0 Å². The number of hydrogen-bond acceptors (Lipinski definition) is 4. The Labute approximate surface area is 131 Å². The van der Waals surface area contributed by atoms with Crippen LogP contribution in [0.15, 0.2) is 29.4 Å². The first-order chi connectivity index (χ1) is 9.43. The Balaban J connectivity index is 2.15. The molecule has 2 aromatic rings. The largest absolute Gasteiger partial charge is 0.270 e. The second-order valence-electron chi connectivity index (χ2n) is 4.09. The Morgan fingerprint density at radius 1 is 1.45 bits per heavy atom. The van der Waals surface area contributed by atoms with Crippen molar-refractivity contribution in [3.63, 3.8) is 0 Å². The van der Waals surface area contributed by atoms with Gasteiger partial charge in [-0.1, -0.05) is 11.6 Å². The first-order valence-corrected chi connectivity index (χ1v) is 8.89. The van der Waals surface area contributed by atoms with Gasteiger partial charge in [-0.3, -0.25) is 4.68 Å². The minimum absolute atomic E-state index is 0.160. The molecule has 0 saturated carbocycles. The van der Waals surface area contributed by atoms with Crippen molar-refractivity contribution < 1.29 is 8.42 Å². The zero-order valence-corrected chi connectivity index (χ0v) is 13.8. The van der Waals surface area contributed by atoms with Gasteiger partial charge in [0.1, 0.15) is 4.90 Å². The van der Waals surface area contributed by atoms with Crippen LogP contribution in [0.1, 0.15) is 4.88 Å². The average molecular weight is 354 g/mol. The van der Waals surface area contributed by atoms with Gasteiger partial charge in [-0.05, 0) is 12.1 Å². The highest BCUT2D eigenvalue weighted by Crippen LogP contribution is 2.24. The molecule has 0 aliphatic carbocycles. The van der Waals surface area contributed by atoms with Gasteiger partial charge in [-0.25, -0.2) is 8.42 Å². The summed E-state index contributed by atoms with van der Waals surface area (Å²) in [7, 11) is -2.03. The molecule has 0 aliphatic heterocycles. The summed E-state index contributed by atoms with van der Waals surface area (Å²) < 4.78 is 28.2. The molecule has 20 heavy (non-hydrogen) atoms. The van der Waals surface area contributed by atoms with Gasteiger partial charge in [0.05, 0.1) is 17.1 Å². The first kappa shape index (κ1) is 15.8. The second-order valence-corrected chi connectivity index (χ2v) is 8.32. The monoisotopic (exact) mass is 353 g/mol. The summed E-state index contributed by atoms with van der Waals surface area (Å²) in [6.45, 7) is 0.752. The molecule has 0 fully saturated rings. The van der Waals surface area contributed by atoms with Crippen molar-refractivity contribution in [2.75, 3.05) is 12.9 Å². The van der Waals surface area contributed by atoms with Crippen molar-refractivity contribution in [3.05, 3.63) is 33.7 Å². The topological polar surface area (TPSA) is 55.2 Å². The van der Waals surface area contributed by atoms with Crippen LogP contribution in [0.4, 0.5) is 0 Å². The average Bonchev–Trinajstić information content (AvgIpc) is 2.99. The zero-order valence-electron chi connectivity index (χ0n) is 10.7. The molecule has 0 spiro atoms. The van der Waals surface area contributed by atoms with Crippen LogP contribution in [-0.4, -0.2) is 35.4 Å². The number of hydrogen-bond donors (Lipinski definition) is 0. The lowest BCUT2D eigenvalue weighted by Gasteiger charge is -2.14. The third-order valence-corrected chi connectivity index (χ3v) is 5.78. The lowest BCUT2D eigenvalue weighted by molar-refractivity contribution is 0.469. The number of nitrogens with zero attached hydrogens (tertiary/aromatic N) is 3. The minimum Gasteiger partial charge on any atom is -0.270 e. The molecule has 2 heterocycles. The van der Waals surface area contributed by atoms with E-state index in [0.717, 1.165) is 4.88 Å². The predicted octanol–water partition coefficient (Wildman–Crippen LogP) is 2.66. The standard InChI is InChI=1S/C11H13Cl2N3O2S2/c1-15(7-9-2-3-11(13)19-9)20(17,18)10-6-14-16(8-10)5-4-12/h2-3,6,8H,4-5,7H2,1H3. The Kier molecular flexibility index (Phi) is 5.09. The Hall–Kier alpha value is -0.600. The molecule has 0 atom stereocenters. The number of sulfonamides is 1. The van der Waals surface area contributed by atoms with E-state index >= 15 is 0 Å². The number of thiophene rings is 1. The van der Waals surface area contributed by atoms with Gasteiger partial charge in [0.25, 0.3) is 0 Å². The lowest BCUT2D eigenvalue weighted by Crippen LogP contribution is -2.25. The van der Waals surface area contributed by atoms with Crippen molar-refractivity contribution in [1.82, 2.24) is 14.1 Å². The number of halogens is 2. The summed E-state index contributed by atoms with van der Waals surface area (Å²) in [4.78, 5) is 1.04. The third kappa shape index (κ3) is 3.53. The fourth-order valence-electron chi connectivity index (χ4n) is 1.61. The molecule has 0 N–H and O–H groups in total. The molecule has 0 saturated heterocycles. The molecule has 5 nitrogen and oxygen atoms in total. The number of rotatable bonds is 6. The minimum atomic E-state index is -3.55. The van der Waals surface area contributed by atoms with Crippen LogP contribution in [0.5, 0.6) is 0 Å². The molecule has 0 unspecified atom stereocenters. The van der Waals surface area contributed by atoms with E-state index in [0.29, 0.717) is 16.8 Å². The third-order valence-electron chi connectivity index (χ3n) is 2.64. The van der Waals surface area contributed by atoms with E-state index in [2.05, 4.69) is 5.10 Å². The molecular formula is C11H13Cl2N3O2S2. The molecule has 0 bridgehead atoms. The highest BCUT2D eigenvalue weighted by atomic mass is 35.5. The van der Waals surface area contributed by atoms with Gasteiger partial charge in [0.15, 0.2) is 0 Å². The fourth-order valence-corrected chi connectivity index (χ4v) is 4.11. The molecule has 0 aliphatic rings. The van der Waals surface area contributed by atoms with Crippen LogP contribution in [-0.2, 0) is 23.1 Å². The maximum atomic E-state index is 12.4. The van der Waals surface area contributed by atoms with Gasteiger partial charge in [0.2, 0.25) is 10.0 Å². The smallest absolute Gasteiger partial charge is 0.246 e. The van der Waals surface area contributed by atoms with Crippen molar-refractivity contribution in [3.8, 4) is 0 Å². The molecule has 110 valence electrons. The molecule has 9 heteroatoms. The second kappa shape index (κ2) is 6.44. The summed E-state index contributed by atoms with van der Waals surface area (Å²) in [5.41, 5.74) is 0. The number of aryl methyl sites for hydroxylation is 1. The first-order valence-electron chi connectivity index (χ1n) is 5.72. The van der Waals surface area contributed by atoms with E-state index in [4.69, 9.17) is 23.2 Å². The lowest BCUT2D eigenvalue weighted by atomic mass is 10.5. The molecule has 2 aromatic heterocycles. The van der Waals surface area contributed by atoms with Crippen molar-refractivity contribution in [2.45, 2.75) is 18.0 Å². The van der Waals surface area contributed by atoms with Crippen LogP contribution >= 0.6 is 34.5 Å². The van der Waals surface area contributed by atoms with Gasteiger partial charge in [0, 0.05) is 30.5 Å². The van der Waals surface area contributed by atoms with E-state index in [1.807, 2.05) is 6.07 Å². The maximum absolute atomic E-state index is 12.4. The van der Waals surface area contributed by atoms with Crippen LogP contribution < -0.4 is 0 Å². The van der Waals surface area contributed by atoms with Crippen molar-refractivity contribution >= 4 is 44.6 Å². The van der Waals surface area contributed by atoms with E-state index in [9.17, 15) is 8.42 Å². The van der Waals surface area contributed by atoms with Crippen molar-refractivity contribution in [1.29, 1.82) is 0 Å². The van der Waals surface area contributed by atoms with Gasteiger partial charge in [-0.15, -0.1) is 22.9 Å². The molecule has 2 rings (SSSR count). The molecular weight excluding hydrogens is 341 g/mol. The van der Waals surface area contributed by atoms with Crippen LogP contribution in [0, 0.1) is 0 Å². The number of aromatic nitrogens is 2. The van der Waals surface area contributed by atoms with Crippen LogP contribution in [0.2, 0.25) is 4.34 Å². The SMILES string of the molecule is CN(Cc1ccc(Cl)s1)S(=O)(=O)c1cnn(CCCl)c1. The molecule has 0 radical (unpaired) electrons. The van der Waals surface area contributed by atoms with Crippen LogP contribution in [0.3, 0.4) is 0 Å². The quantitative estimate of drug-likeness (QED) is 0.750. The summed E-state index contributed by atoms with van der Waals surface area (Å²) >= 11 is 12.8. The van der Waals surface area contributed by atoms with E-state index in [1.165, 1.54) is 39.8 Å². The predicted molar refractivity (Wildman–Crippen MR) is 80.9 cm³/mol. The van der Waals surface area contributed by atoms with Gasteiger partial charge in [-0.2, -0.15) is 9.40 Å². The maximum Gasteiger partial charge on any atom is 0.246 e. The van der Waals surface area contributed by atoms with Crippen LogP contribution in [0.25, 0.3) is 0 Å². The zero-order chi connectivity index (χ0) is 14.8.